The van der Waals surface area contributed by atoms with Crippen LogP contribution >= 0.6 is 11.6 Å². The third kappa shape index (κ3) is 4.46. The molecule has 0 aliphatic rings. The zero-order chi connectivity index (χ0) is 16.8. The van der Waals surface area contributed by atoms with Crippen LogP contribution in [0.25, 0.3) is 0 Å². The van der Waals surface area contributed by atoms with Gasteiger partial charge < -0.3 is 14.5 Å². The van der Waals surface area contributed by atoms with Crippen LogP contribution in [0.3, 0.4) is 0 Å². The molecule has 122 valence electrons. The van der Waals surface area contributed by atoms with Crippen molar-refractivity contribution in [2.24, 2.45) is 0 Å². The van der Waals surface area contributed by atoms with Crippen LogP contribution in [0.15, 0.2) is 34.7 Å². The number of benzene rings is 1. The van der Waals surface area contributed by atoms with E-state index in [0.29, 0.717) is 12.3 Å². The van der Waals surface area contributed by atoms with Gasteiger partial charge in [0.25, 0.3) is 11.6 Å². The number of hydrogen-bond acceptors (Lipinski definition) is 5. The number of carbonyl (C=O) groups is 1. The summed E-state index contributed by atoms with van der Waals surface area (Å²) in [7, 11) is 0. The lowest BCUT2D eigenvalue weighted by Gasteiger charge is -2.06. The highest BCUT2D eigenvalue weighted by molar-refractivity contribution is 6.32. The normalized spacial score (nSPS) is 10.3. The molecule has 23 heavy (non-hydrogen) atoms. The number of hydrogen-bond donors (Lipinski definition) is 1. The fourth-order valence-electron chi connectivity index (χ4n) is 1.77. The molecule has 0 radical (unpaired) electrons. The Morgan fingerprint density at radius 1 is 1.39 bits per heavy atom. The number of non-ortho nitro benzene ring substituents is 1. The molecule has 1 aromatic heterocycles. The quantitative estimate of drug-likeness (QED) is 0.615. The highest BCUT2D eigenvalue weighted by atomic mass is 35.5. The molecule has 8 heteroatoms. The summed E-state index contributed by atoms with van der Waals surface area (Å²) in [6.07, 6.45) is 0.827. The number of halogens is 1. The van der Waals surface area contributed by atoms with E-state index in [4.69, 9.17) is 20.8 Å². The van der Waals surface area contributed by atoms with Crippen LogP contribution in [-0.4, -0.2) is 17.4 Å². The number of rotatable bonds is 7. The Morgan fingerprint density at radius 3 is 2.87 bits per heavy atom. The van der Waals surface area contributed by atoms with E-state index in [0.717, 1.165) is 6.42 Å². The molecule has 0 spiro atoms. The molecular weight excluding hydrogens is 324 g/mol. The average Bonchev–Trinajstić information content (AvgIpc) is 3.00. The van der Waals surface area contributed by atoms with Crippen LogP contribution in [-0.2, 0) is 6.61 Å². The summed E-state index contributed by atoms with van der Waals surface area (Å²) in [5.74, 6) is 0.470. The highest BCUT2D eigenvalue weighted by Crippen LogP contribution is 2.29. The molecule has 0 fully saturated rings. The summed E-state index contributed by atoms with van der Waals surface area (Å²) in [6, 6.07) is 7.06. The molecule has 1 N–H and O–H groups in total. The van der Waals surface area contributed by atoms with Gasteiger partial charge >= 0.3 is 0 Å². The van der Waals surface area contributed by atoms with Gasteiger partial charge in [0.2, 0.25) is 0 Å². The first-order valence-corrected chi connectivity index (χ1v) is 7.32. The second-order valence-corrected chi connectivity index (χ2v) is 5.09. The number of ether oxygens (including phenoxy) is 1. The van der Waals surface area contributed by atoms with Crippen molar-refractivity contribution in [1.82, 2.24) is 5.32 Å². The SMILES string of the molecule is CCCNC(=O)c1ccc(COc2cc([N+](=O)[O-])ccc2Cl)o1. The first kappa shape index (κ1) is 16.8. The molecule has 1 aromatic carbocycles. The average molecular weight is 339 g/mol. The lowest BCUT2D eigenvalue weighted by Crippen LogP contribution is -2.23. The first-order chi connectivity index (χ1) is 11.0. The Kier molecular flexibility index (Phi) is 5.59. The topological polar surface area (TPSA) is 94.6 Å². The second-order valence-electron chi connectivity index (χ2n) is 4.68. The zero-order valence-corrected chi connectivity index (χ0v) is 13.1. The number of furan rings is 1. The van der Waals surface area contributed by atoms with Crippen molar-refractivity contribution >= 4 is 23.2 Å². The molecule has 0 unspecified atom stereocenters. The Morgan fingerprint density at radius 2 is 2.17 bits per heavy atom. The third-order valence-corrected chi connectivity index (χ3v) is 3.23. The summed E-state index contributed by atoms with van der Waals surface area (Å²) in [5.41, 5.74) is -0.122. The van der Waals surface area contributed by atoms with Gasteiger partial charge in [-0.25, -0.2) is 0 Å². The molecular formula is C15H15ClN2O5. The van der Waals surface area contributed by atoms with Crippen LogP contribution in [0, 0.1) is 10.1 Å². The van der Waals surface area contributed by atoms with Crippen molar-refractivity contribution in [2.45, 2.75) is 20.0 Å². The zero-order valence-electron chi connectivity index (χ0n) is 12.4. The molecule has 0 aliphatic carbocycles. The van der Waals surface area contributed by atoms with E-state index in [9.17, 15) is 14.9 Å². The Bertz CT molecular complexity index is 714. The van der Waals surface area contributed by atoms with E-state index in [1.165, 1.54) is 18.2 Å². The van der Waals surface area contributed by atoms with Crippen LogP contribution < -0.4 is 10.1 Å². The number of nitrogens with zero attached hydrogens (tertiary/aromatic N) is 1. The van der Waals surface area contributed by atoms with Gasteiger partial charge in [-0.3, -0.25) is 14.9 Å². The third-order valence-electron chi connectivity index (χ3n) is 2.92. The minimum Gasteiger partial charge on any atom is -0.484 e. The van der Waals surface area contributed by atoms with E-state index in [2.05, 4.69) is 5.32 Å². The van der Waals surface area contributed by atoms with Crippen molar-refractivity contribution in [3.05, 3.63) is 57.0 Å². The van der Waals surface area contributed by atoms with Gasteiger partial charge in [-0.05, 0) is 24.6 Å². The predicted octanol–water partition coefficient (Wildman–Crippen LogP) is 3.56. The number of nitrogens with one attached hydrogen (secondary N) is 1. The van der Waals surface area contributed by atoms with Gasteiger partial charge in [-0.2, -0.15) is 0 Å². The summed E-state index contributed by atoms with van der Waals surface area (Å²) >= 11 is 5.94. The largest absolute Gasteiger partial charge is 0.484 e. The lowest BCUT2D eigenvalue weighted by molar-refractivity contribution is -0.384. The predicted molar refractivity (Wildman–Crippen MR) is 83.8 cm³/mol. The Hall–Kier alpha value is -2.54. The highest BCUT2D eigenvalue weighted by Gasteiger charge is 2.13. The summed E-state index contributed by atoms with van der Waals surface area (Å²) in [6.45, 7) is 2.51. The van der Waals surface area contributed by atoms with Crippen LogP contribution in [0.4, 0.5) is 5.69 Å². The van der Waals surface area contributed by atoms with E-state index in [-0.39, 0.29) is 34.7 Å². The van der Waals surface area contributed by atoms with E-state index in [1.807, 2.05) is 6.92 Å². The monoisotopic (exact) mass is 338 g/mol. The number of carbonyl (C=O) groups excluding carboxylic acids is 1. The second kappa shape index (κ2) is 7.64. The molecule has 1 heterocycles. The van der Waals surface area contributed by atoms with Crippen molar-refractivity contribution in [1.29, 1.82) is 0 Å². The van der Waals surface area contributed by atoms with Crippen LogP contribution in [0.5, 0.6) is 5.75 Å². The van der Waals surface area contributed by atoms with Gasteiger partial charge in [0, 0.05) is 12.6 Å². The molecule has 0 saturated carbocycles. The molecule has 0 aliphatic heterocycles. The van der Waals surface area contributed by atoms with Crippen molar-refractivity contribution < 1.29 is 18.9 Å². The summed E-state index contributed by atoms with van der Waals surface area (Å²) in [5, 5.41) is 13.7. The van der Waals surface area contributed by atoms with Gasteiger partial charge in [-0.15, -0.1) is 0 Å². The molecule has 1 amide bonds. The Balaban J connectivity index is 2.01. The van der Waals surface area contributed by atoms with E-state index < -0.39 is 4.92 Å². The van der Waals surface area contributed by atoms with Crippen LogP contribution in [0.2, 0.25) is 5.02 Å². The fraction of sp³-hybridized carbons (Fsp3) is 0.267. The number of amides is 1. The Labute approximate surface area is 137 Å². The molecule has 2 rings (SSSR count). The maximum absolute atomic E-state index is 11.7. The molecule has 0 saturated heterocycles. The van der Waals surface area contributed by atoms with Crippen LogP contribution in [0.1, 0.15) is 29.7 Å². The fourth-order valence-corrected chi connectivity index (χ4v) is 1.94. The van der Waals surface area contributed by atoms with Crippen molar-refractivity contribution in [3.63, 3.8) is 0 Å². The van der Waals surface area contributed by atoms with Crippen molar-refractivity contribution in [3.8, 4) is 5.75 Å². The number of nitro groups is 1. The molecule has 7 nitrogen and oxygen atoms in total. The smallest absolute Gasteiger partial charge is 0.286 e. The van der Waals surface area contributed by atoms with Gasteiger partial charge in [0.05, 0.1) is 16.0 Å². The van der Waals surface area contributed by atoms with Gasteiger partial charge in [0.1, 0.15) is 18.1 Å². The van der Waals surface area contributed by atoms with Gasteiger partial charge in [0.15, 0.2) is 5.76 Å². The maximum atomic E-state index is 11.7. The molecule has 2 aromatic rings. The summed E-state index contributed by atoms with van der Waals surface area (Å²) < 4.78 is 10.8. The maximum Gasteiger partial charge on any atom is 0.286 e. The minimum absolute atomic E-state index is 0.00193. The lowest BCUT2D eigenvalue weighted by atomic mass is 10.3. The standard InChI is InChI=1S/C15H15ClN2O5/c1-2-7-17-15(19)13-6-4-11(23-13)9-22-14-8-10(18(20)21)3-5-12(14)16/h3-6,8H,2,7,9H2,1H3,(H,17,19). The van der Waals surface area contributed by atoms with E-state index >= 15 is 0 Å². The minimum atomic E-state index is -0.535. The number of nitro benzene ring substituents is 1. The molecule has 0 bridgehead atoms. The van der Waals surface area contributed by atoms with Gasteiger partial charge in [-0.1, -0.05) is 18.5 Å². The summed E-state index contributed by atoms with van der Waals surface area (Å²) in [4.78, 5) is 21.9. The molecule has 0 atom stereocenters. The first-order valence-electron chi connectivity index (χ1n) is 6.95. The van der Waals surface area contributed by atoms with E-state index in [1.54, 1.807) is 12.1 Å². The van der Waals surface area contributed by atoms with Crippen molar-refractivity contribution in [2.75, 3.05) is 6.54 Å².